The number of rotatable bonds is 4. The van der Waals surface area contributed by atoms with Gasteiger partial charge in [-0.15, -0.1) is 0 Å². The minimum absolute atomic E-state index is 0.0977. The SMILES string of the molecule is O=C(O)C(F)(F)F.O=C1NC(c2ccccc2)=C/C1=C\c1ccc2c(/C=C/c3ccncc3)n[nH]c2c1. The summed E-state index contributed by atoms with van der Waals surface area (Å²) in [4.78, 5) is 25.3. The number of hydrogen-bond donors (Lipinski definition) is 3. The van der Waals surface area contributed by atoms with E-state index in [1.165, 1.54) is 0 Å². The van der Waals surface area contributed by atoms with E-state index in [-0.39, 0.29) is 5.91 Å². The van der Waals surface area contributed by atoms with Crippen LogP contribution in [0.15, 0.2) is 84.7 Å². The Bertz CT molecular complexity index is 1520. The molecule has 3 N–H and O–H groups in total. The van der Waals surface area contributed by atoms with Gasteiger partial charge >= 0.3 is 12.1 Å². The molecule has 0 saturated carbocycles. The van der Waals surface area contributed by atoms with E-state index in [1.807, 2.05) is 85.0 Å². The molecule has 0 atom stereocenters. The van der Waals surface area contributed by atoms with Gasteiger partial charge in [0.25, 0.3) is 5.91 Å². The lowest BCUT2D eigenvalue weighted by Gasteiger charge is -2.01. The van der Waals surface area contributed by atoms with Crippen molar-refractivity contribution in [2.24, 2.45) is 0 Å². The Morgan fingerprint density at radius 3 is 2.32 bits per heavy atom. The number of aromatic nitrogens is 3. The van der Waals surface area contributed by atoms with Crippen LogP contribution in [0.1, 0.15) is 22.4 Å². The molecule has 2 aromatic carbocycles. The summed E-state index contributed by atoms with van der Waals surface area (Å²) >= 11 is 0. The number of nitrogens with one attached hydrogen (secondary N) is 2. The van der Waals surface area contributed by atoms with Gasteiger partial charge in [0.1, 0.15) is 0 Å². The topological polar surface area (TPSA) is 108 Å². The number of fused-ring (bicyclic) bond motifs is 1. The van der Waals surface area contributed by atoms with E-state index in [0.29, 0.717) is 5.57 Å². The van der Waals surface area contributed by atoms with Crippen LogP contribution in [0.3, 0.4) is 0 Å². The van der Waals surface area contributed by atoms with Crippen molar-refractivity contribution in [3.8, 4) is 0 Å². The number of nitrogens with zero attached hydrogens (tertiary/aromatic N) is 2. The molecule has 3 heterocycles. The predicted molar refractivity (Wildman–Crippen MR) is 133 cm³/mol. The summed E-state index contributed by atoms with van der Waals surface area (Å²) in [5.74, 6) is -2.85. The molecule has 7 nitrogen and oxygen atoms in total. The maximum Gasteiger partial charge on any atom is 0.490 e. The zero-order valence-electron chi connectivity index (χ0n) is 19.0. The molecule has 1 amide bonds. The lowest BCUT2D eigenvalue weighted by molar-refractivity contribution is -0.192. The number of alkyl halides is 3. The van der Waals surface area contributed by atoms with Gasteiger partial charge in [-0.3, -0.25) is 14.9 Å². The number of carboxylic acids is 1. The largest absolute Gasteiger partial charge is 0.490 e. The zero-order chi connectivity index (χ0) is 26.4. The molecule has 1 aliphatic rings. The summed E-state index contributed by atoms with van der Waals surface area (Å²) in [5, 5.41) is 18.6. The number of aromatic amines is 1. The van der Waals surface area contributed by atoms with Gasteiger partial charge in [-0.05, 0) is 59.2 Å². The van der Waals surface area contributed by atoms with Gasteiger partial charge in [0.05, 0.1) is 11.2 Å². The number of pyridine rings is 1. The highest BCUT2D eigenvalue weighted by molar-refractivity contribution is 6.11. The number of amides is 1. The van der Waals surface area contributed by atoms with Gasteiger partial charge in [0, 0.05) is 29.1 Å². The fourth-order valence-electron chi connectivity index (χ4n) is 3.44. The average Bonchev–Trinajstić information content (AvgIpc) is 3.46. The third-order valence-corrected chi connectivity index (χ3v) is 5.22. The molecular weight excluding hydrogens is 485 g/mol. The van der Waals surface area contributed by atoms with Crippen LogP contribution in [-0.2, 0) is 9.59 Å². The minimum atomic E-state index is -5.08. The van der Waals surface area contributed by atoms with Crippen LogP contribution >= 0.6 is 0 Å². The number of benzene rings is 2. The molecule has 10 heteroatoms. The standard InChI is InChI=1S/C25H18N4O.C2HF3O2/c30-25-20(16-23(27-25)19-4-2-1-3-5-19)14-18-6-8-21-22(28-29-24(21)15-18)9-7-17-10-12-26-13-11-17;3-2(4,5)1(6)7/h1-16H,(H,27,30)(H,28,29);(H,6,7)/b9-7+,20-14+;. The van der Waals surface area contributed by atoms with Crippen LogP contribution in [-0.4, -0.2) is 38.3 Å². The summed E-state index contributed by atoms with van der Waals surface area (Å²) in [7, 11) is 0. The maximum atomic E-state index is 12.4. The molecule has 0 spiro atoms. The lowest BCUT2D eigenvalue weighted by Crippen LogP contribution is -2.21. The molecule has 1 aliphatic heterocycles. The number of H-pyrrole nitrogens is 1. The number of aliphatic carboxylic acids is 1. The summed E-state index contributed by atoms with van der Waals surface area (Å²) in [6, 6.07) is 19.7. The van der Waals surface area contributed by atoms with Crippen LogP contribution < -0.4 is 5.32 Å². The summed E-state index contributed by atoms with van der Waals surface area (Å²) in [5.41, 5.74) is 6.23. The first-order valence-corrected chi connectivity index (χ1v) is 10.9. The van der Waals surface area contributed by atoms with Crippen LogP contribution in [0, 0.1) is 0 Å². The van der Waals surface area contributed by atoms with E-state index in [4.69, 9.17) is 9.90 Å². The zero-order valence-corrected chi connectivity index (χ0v) is 19.0. The Hall–Kier alpha value is -4.99. The van der Waals surface area contributed by atoms with Crippen molar-refractivity contribution < 1.29 is 27.9 Å². The van der Waals surface area contributed by atoms with Crippen LogP contribution in [0.4, 0.5) is 13.2 Å². The summed E-state index contributed by atoms with van der Waals surface area (Å²) in [6.07, 6.45) is 6.20. The fraction of sp³-hybridized carbons (Fsp3) is 0.0370. The number of halogens is 3. The highest BCUT2D eigenvalue weighted by atomic mass is 19.4. The van der Waals surface area contributed by atoms with Gasteiger partial charge in [-0.2, -0.15) is 18.3 Å². The highest BCUT2D eigenvalue weighted by Crippen LogP contribution is 2.24. The van der Waals surface area contributed by atoms with E-state index in [1.54, 1.807) is 12.4 Å². The molecule has 2 aromatic heterocycles. The van der Waals surface area contributed by atoms with Crippen LogP contribution in [0.25, 0.3) is 34.8 Å². The third kappa shape index (κ3) is 6.37. The van der Waals surface area contributed by atoms with Gasteiger partial charge < -0.3 is 10.4 Å². The molecule has 0 bridgehead atoms. The van der Waals surface area contributed by atoms with Crippen LogP contribution in [0.5, 0.6) is 0 Å². The molecule has 0 fully saturated rings. The molecule has 0 unspecified atom stereocenters. The Kier molecular flexibility index (Phi) is 7.28. The highest BCUT2D eigenvalue weighted by Gasteiger charge is 2.38. The van der Waals surface area contributed by atoms with E-state index in [0.717, 1.165) is 39.0 Å². The first kappa shape index (κ1) is 25.1. The second-order valence-electron chi connectivity index (χ2n) is 7.81. The number of carbonyl (C=O) groups is 2. The molecular formula is C27H19F3N4O3. The molecule has 0 saturated heterocycles. The fourth-order valence-corrected chi connectivity index (χ4v) is 3.44. The van der Waals surface area contributed by atoms with Crippen molar-refractivity contribution >= 4 is 46.7 Å². The molecule has 37 heavy (non-hydrogen) atoms. The first-order chi connectivity index (χ1) is 17.7. The second kappa shape index (κ2) is 10.7. The number of hydrogen-bond acceptors (Lipinski definition) is 4. The van der Waals surface area contributed by atoms with E-state index in [9.17, 15) is 18.0 Å². The predicted octanol–water partition coefficient (Wildman–Crippen LogP) is 5.32. The van der Waals surface area contributed by atoms with Crippen molar-refractivity contribution in [3.05, 3.63) is 107 Å². The maximum absolute atomic E-state index is 12.4. The molecule has 4 aromatic rings. The van der Waals surface area contributed by atoms with Gasteiger partial charge in [0.2, 0.25) is 0 Å². The average molecular weight is 504 g/mol. The van der Waals surface area contributed by atoms with E-state index >= 15 is 0 Å². The molecule has 0 aliphatic carbocycles. The van der Waals surface area contributed by atoms with Crippen LogP contribution in [0.2, 0.25) is 0 Å². The first-order valence-electron chi connectivity index (χ1n) is 10.9. The number of carboxylic acid groups (broad SMARTS) is 1. The van der Waals surface area contributed by atoms with Crippen molar-refractivity contribution in [1.29, 1.82) is 0 Å². The Labute approximate surface area is 208 Å². The van der Waals surface area contributed by atoms with Crippen molar-refractivity contribution in [2.75, 3.05) is 0 Å². The molecule has 0 radical (unpaired) electrons. The third-order valence-electron chi connectivity index (χ3n) is 5.22. The summed E-state index contributed by atoms with van der Waals surface area (Å²) in [6.45, 7) is 0. The quantitative estimate of drug-likeness (QED) is 0.326. The van der Waals surface area contributed by atoms with Crippen molar-refractivity contribution in [2.45, 2.75) is 6.18 Å². The Morgan fingerprint density at radius 2 is 1.65 bits per heavy atom. The Morgan fingerprint density at radius 1 is 0.946 bits per heavy atom. The van der Waals surface area contributed by atoms with E-state index < -0.39 is 12.1 Å². The van der Waals surface area contributed by atoms with Crippen molar-refractivity contribution in [1.82, 2.24) is 20.5 Å². The smallest absolute Gasteiger partial charge is 0.475 e. The molecule has 5 rings (SSSR count). The Balaban J connectivity index is 0.000000405. The summed E-state index contributed by atoms with van der Waals surface area (Å²) < 4.78 is 31.7. The van der Waals surface area contributed by atoms with Gasteiger partial charge in [-0.1, -0.05) is 42.5 Å². The number of carbonyl (C=O) groups excluding carboxylic acids is 1. The van der Waals surface area contributed by atoms with Gasteiger partial charge in [-0.25, -0.2) is 4.79 Å². The lowest BCUT2D eigenvalue weighted by atomic mass is 10.1. The minimum Gasteiger partial charge on any atom is -0.475 e. The normalized spacial score (nSPS) is 14.4. The van der Waals surface area contributed by atoms with E-state index in [2.05, 4.69) is 20.5 Å². The molecule has 186 valence electrons. The monoisotopic (exact) mass is 504 g/mol. The van der Waals surface area contributed by atoms with Crippen molar-refractivity contribution in [3.63, 3.8) is 0 Å². The second-order valence-corrected chi connectivity index (χ2v) is 7.81. The van der Waals surface area contributed by atoms with Gasteiger partial charge in [0.15, 0.2) is 0 Å².